The number of methoxy groups -OCH3 is 2. The van der Waals surface area contributed by atoms with Crippen molar-refractivity contribution in [1.29, 1.82) is 0 Å². The summed E-state index contributed by atoms with van der Waals surface area (Å²) in [6.07, 6.45) is 15.9. The molecule has 1 aliphatic rings. The van der Waals surface area contributed by atoms with Gasteiger partial charge in [-0.3, -0.25) is 19.2 Å². The Labute approximate surface area is 318 Å². The first-order valence-electron chi connectivity index (χ1n) is 17.4. The van der Waals surface area contributed by atoms with Crippen LogP contribution < -0.4 is 9.47 Å². The Hall–Kier alpha value is -6.18. The molecule has 0 unspecified atom stereocenters. The third-order valence-corrected chi connectivity index (χ3v) is 8.34. The molecular formula is C44H48O10. The van der Waals surface area contributed by atoms with Crippen molar-refractivity contribution in [2.75, 3.05) is 40.6 Å². The van der Waals surface area contributed by atoms with Gasteiger partial charge in [0.1, 0.15) is 11.5 Å². The summed E-state index contributed by atoms with van der Waals surface area (Å²) >= 11 is 0. The van der Waals surface area contributed by atoms with Crippen LogP contribution in [0.15, 0.2) is 66.7 Å². The van der Waals surface area contributed by atoms with Gasteiger partial charge in [-0.1, -0.05) is 36.3 Å². The van der Waals surface area contributed by atoms with E-state index < -0.39 is 34.7 Å². The Morgan fingerprint density at radius 3 is 1.44 bits per heavy atom. The van der Waals surface area contributed by atoms with Gasteiger partial charge in [0.25, 0.3) is 0 Å². The van der Waals surface area contributed by atoms with E-state index in [4.69, 9.17) is 47.7 Å². The summed E-state index contributed by atoms with van der Waals surface area (Å²) < 4.78 is 30.3. The van der Waals surface area contributed by atoms with E-state index in [1.54, 1.807) is 41.9 Å². The van der Waals surface area contributed by atoms with E-state index >= 15 is 0 Å². The predicted octanol–water partition coefficient (Wildman–Crippen LogP) is 6.40. The molecule has 3 aromatic rings. The second-order valence-electron chi connectivity index (χ2n) is 11.7. The normalized spacial score (nSPS) is 11.8. The molecule has 0 spiro atoms. The number of hydrogen-bond acceptors (Lipinski definition) is 10. The van der Waals surface area contributed by atoms with Crippen LogP contribution in [0.2, 0.25) is 0 Å². The molecule has 0 N–H and O–H groups in total. The third kappa shape index (κ3) is 11.2. The van der Waals surface area contributed by atoms with Gasteiger partial charge in [-0.15, -0.1) is 31.1 Å². The number of hydrogen-bond donors (Lipinski definition) is 0. The van der Waals surface area contributed by atoms with Crippen molar-refractivity contribution in [3.8, 4) is 59.7 Å². The summed E-state index contributed by atoms with van der Waals surface area (Å²) in [6.45, 7) is 7.51. The molecule has 0 amide bonds. The van der Waals surface area contributed by atoms with Crippen molar-refractivity contribution in [3.05, 3.63) is 83.4 Å². The largest absolute Gasteiger partial charge is 0.497 e. The predicted molar refractivity (Wildman–Crippen MR) is 205 cm³/mol. The van der Waals surface area contributed by atoms with Gasteiger partial charge in [0.15, 0.2) is 10.8 Å². The summed E-state index contributed by atoms with van der Waals surface area (Å²) in [4.78, 5) is 49.0. The van der Waals surface area contributed by atoms with Crippen molar-refractivity contribution in [3.63, 3.8) is 0 Å². The van der Waals surface area contributed by atoms with Gasteiger partial charge >= 0.3 is 23.9 Å². The van der Waals surface area contributed by atoms with Crippen LogP contribution in [0.3, 0.4) is 0 Å². The van der Waals surface area contributed by atoms with Crippen molar-refractivity contribution in [1.82, 2.24) is 0 Å². The van der Waals surface area contributed by atoms with Gasteiger partial charge < -0.3 is 28.4 Å². The van der Waals surface area contributed by atoms with E-state index in [2.05, 4.69) is 17.8 Å². The van der Waals surface area contributed by atoms with Gasteiger partial charge in [-0.25, -0.2) is 0 Å². The molecule has 284 valence electrons. The smallest absolute Gasteiger partial charge is 0.325 e. The highest BCUT2D eigenvalue weighted by Gasteiger charge is 2.53. The first kappa shape index (κ1) is 44.0. The minimum atomic E-state index is -1.57. The number of esters is 4. The Morgan fingerprint density at radius 1 is 0.611 bits per heavy atom. The summed E-state index contributed by atoms with van der Waals surface area (Å²) in [5.41, 5.74) is 2.05. The lowest BCUT2D eigenvalue weighted by molar-refractivity contribution is -0.173. The van der Waals surface area contributed by atoms with Crippen LogP contribution in [-0.2, 0) is 51.0 Å². The van der Waals surface area contributed by atoms with E-state index in [1.807, 2.05) is 66.7 Å². The molecule has 0 fully saturated rings. The topological polar surface area (TPSA) is 124 Å². The fourth-order valence-electron chi connectivity index (χ4n) is 5.56. The summed E-state index contributed by atoms with van der Waals surface area (Å²) in [7, 11) is 3.26. The molecule has 0 atom stereocenters. The standard InChI is InChI=1S/C22H24O5.C13H16O4.C9H8O/c1-4-26-20(23)22(21(24)27-5-2)13-17-7-6-16(12-18(17)14-22)15-8-10-19(25-3)11-9-15;1-5-9-13(10-6-2,11(14)16-7-3)12(15)17-8-4;1-3-8-4-6-9(10-2)7-5-8/h6-12H,4-5,13-14H2,1-3H3;1-2H,7-10H2,3-4H3;1,4-7H,2H3. The SMILES string of the molecule is C#CCC(CC#C)(C(=O)OCC)C(=O)OCC.C#Cc1ccc(OC)cc1.CCOC(=O)C1(C(=O)OCC)Cc2ccc(-c3ccc(OC)cc3)cc2C1. The van der Waals surface area contributed by atoms with Gasteiger partial charge in [-0.05, 0) is 99.2 Å². The third-order valence-electron chi connectivity index (χ3n) is 8.34. The monoisotopic (exact) mass is 736 g/mol. The highest BCUT2D eigenvalue weighted by atomic mass is 16.6. The highest BCUT2D eigenvalue weighted by molar-refractivity contribution is 6.02. The van der Waals surface area contributed by atoms with Crippen LogP contribution in [0.4, 0.5) is 0 Å². The number of carbonyl (C=O) groups is 4. The van der Waals surface area contributed by atoms with Crippen molar-refractivity contribution in [2.45, 2.75) is 53.4 Å². The number of benzene rings is 3. The molecule has 4 rings (SSSR count). The van der Waals surface area contributed by atoms with Crippen LogP contribution in [0, 0.1) is 47.9 Å². The number of ether oxygens (including phenoxy) is 6. The zero-order chi connectivity index (χ0) is 40.1. The number of terminal acetylenes is 3. The zero-order valence-electron chi connectivity index (χ0n) is 31.8. The van der Waals surface area contributed by atoms with E-state index in [0.29, 0.717) is 12.8 Å². The quantitative estimate of drug-likeness (QED) is 0.0844. The van der Waals surface area contributed by atoms with Crippen LogP contribution in [0.25, 0.3) is 11.1 Å². The number of rotatable bonds is 13. The molecule has 10 heteroatoms. The first-order chi connectivity index (χ1) is 26.0. The van der Waals surface area contributed by atoms with E-state index in [0.717, 1.165) is 39.3 Å². The van der Waals surface area contributed by atoms with Crippen molar-refractivity contribution in [2.24, 2.45) is 10.8 Å². The summed E-state index contributed by atoms with van der Waals surface area (Å²) in [6, 6.07) is 21.2. The summed E-state index contributed by atoms with van der Waals surface area (Å²) in [5, 5.41) is 0. The van der Waals surface area contributed by atoms with Gasteiger partial charge in [-0.2, -0.15) is 0 Å². The van der Waals surface area contributed by atoms with Crippen LogP contribution in [0.1, 0.15) is 57.2 Å². The number of fused-ring (bicyclic) bond motifs is 1. The Morgan fingerprint density at radius 2 is 1.04 bits per heavy atom. The molecule has 1 aliphatic carbocycles. The summed E-state index contributed by atoms with van der Waals surface area (Å²) in [5.74, 6) is 6.23. The molecule has 0 aromatic heterocycles. The second-order valence-corrected chi connectivity index (χ2v) is 11.7. The molecule has 0 aliphatic heterocycles. The average Bonchev–Trinajstić information content (AvgIpc) is 3.59. The maximum atomic E-state index is 12.6. The van der Waals surface area contributed by atoms with Crippen molar-refractivity contribution < 1.29 is 47.6 Å². The molecule has 0 saturated heterocycles. The van der Waals surface area contributed by atoms with E-state index in [-0.39, 0.29) is 39.3 Å². The van der Waals surface area contributed by atoms with Gasteiger partial charge in [0.2, 0.25) is 0 Å². The molecule has 0 radical (unpaired) electrons. The lowest BCUT2D eigenvalue weighted by atomic mass is 9.81. The van der Waals surface area contributed by atoms with Gasteiger partial charge in [0, 0.05) is 18.4 Å². The Balaban J connectivity index is 0.000000318. The Bertz CT molecular complexity index is 1780. The lowest BCUT2D eigenvalue weighted by Gasteiger charge is -2.25. The fraction of sp³-hybridized carbons (Fsp3) is 0.364. The molecule has 3 aromatic carbocycles. The minimum Gasteiger partial charge on any atom is -0.497 e. The number of carbonyl (C=O) groups excluding carboxylic acids is 4. The molecular weight excluding hydrogens is 688 g/mol. The highest BCUT2D eigenvalue weighted by Crippen LogP contribution is 2.41. The maximum absolute atomic E-state index is 12.6. The lowest BCUT2D eigenvalue weighted by Crippen LogP contribution is -2.43. The van der Waals surface area contributed by atoms with Crippen LogP contribution >= 0.6 is 0 Å². The van der Waals surface area contributed by atoms with E-state index in [9.17, 15) is 19.2 Å². The molecule has 0 heterocycles. The second kappa shape index (κ2) is 22.0. The van der Waals surface area contributed by atoms with Crippen LogP contribution in [0.5, 0.6) is 11.5 Å². The molecule has 10 nitrogen and oxygen atoms in total. The van der Waals surface area contributed by atoms with Gasteiger partial charge in [0.05, 0.1) is 40.6 Å². The zero-order valence-corrected chi connectivity index (χ0v) is 31.8. The molecule has 54 heavy (non-hydrogen) atoms. The maximum Gasteiger partial charge on any atom is 0.325 e. The van der Waals surface area contributed by atoms with E-state index in [1.165, 1.54) is 0 Å². The minimum absolute atomic E-state index is 0.130. The van der Waals surface area contributed by atoms with Crippen LogP contribution in [-0.4, -0.2) is 64.5 Å². The Kier molecular flexibility index (Phi) is 17.9. The van der Waals surface area contributed by atoms with Crippen molar-refractivity contribution >= 4 is 23.9 Å². The fourth-order valence-corrected chi connectivity index (χ4v) is 5.56. The first-order valence-corrected chi connectivity index (χ1v) is 17.4. The molecule has 0 saturated carbocycles. The average molecular weight is 737 g/mol. The molecule has 0 bridgehead atoms.